The molecule has 0 unspecified atom stereocenters. The van der Waals surface area contributed by atoms with Crippen LogP contribution in [0.15, 0.2) is 32.9 Å². The van der Waals surface area contributed by atoms with E-state index in [0.717, 1.165) is 10.0 Å². The molecule has 1 heterocycles. The van der Waals surface area contributed by atoms with Crippen molar-refractivity contribution in [3.05, 3.63) is 29.3 Å². The molecule has 5 heteroatoms. The third kappa shape index (κ3) is 2.05. The fraction of sp³-hybridized carbons (Fsp3) is 0.111. The Labute approximate surface area is 90.4 Å². The summed E-state index contributed by atoms with van der Waals surface area (Å²) in [7, 11) is 0. The molecule has 1 aromatic carbocycles. The zero-order valence-corrected chi connectivity index (χ0v) is 9.23. The number of benzene rings is 1. The van der Waals surface area contributed by atoms with E-state index in [1.165, 1.54) is 10.5 Å². The lowest BCUT2D eigenvalue weighted by atomic mass is 10.2. The lowest BCUT2D eigenvalue weighted by molar-refractivity contribution is 1.01. The molecule has 0 amide bonds. The van der Waals surface area contributed by atoms with E-state index in [0.29, 0.717) is 0 Å². The maximum atomic E-state index is 5.67. The van der Waals surface area contributed by atoms with E-state index in [1.807, 2.05) is 25.1 Å². The minimum absolute atomic E-state index is 0.795. The molecule has 0 aliphatic heterocycles. The van der Waals surface area contributed by atoms with Crippen molar-refractivity contribution in [2.24, 2.45) is 0 Å². The standard InChI is InChI=1S/C9H9N3S2/c1-6-4-7(10)2-3-8(6)14-9-12-11-5-13-9/h2-5H,10H2,1H3. The molecular formula is C9H9N3S2. The Morgan fingerprint density at radius 1 is 1.43 bits per heavy atom. The summed E-state index contributed by atoms with van der Waals surface area (Å²) in [6.45, 7) is 2.04. The summed E-state index contributed by atoms with van der Waals surface area (Å²) in [5.41, 5.74) is 9.36. The first kappa shape index (κ1) is 9.48. The highest BCUT2D eigenvalue weighted by Gasteiger charge is 2.03. The second-order valence-electron chi connectivity index (χ2n) is 2.83. The highest BCUT2D eigenvalue weighted by Crippen LogP contribution is 2.31. The van der Waals surface area contributed by atoms with E-state index in [2.05, 4.69) is 10.2 Å². The fourth-order valence-electron chi connectivity index (χ4n) is 1.09. The monoisotopic (exact) mass is 223 g/mol. The van der Waals surface area contributed by atoms with Gasteiger partial charge in [0, 0.05) is 10.6 Å². The van der Waals surface area contributed by atoms with Gasteiger partial charge in [-0.1, -0.05) is 23.1 Å². The molecule has 2 rings (SSSR count). The van der Waals surface area contributed by atoms with Gasteiger partial charge in [-0.2, -0.15) is 0 Å². The predicted octanol–water partition coefficient (Wildman–Crippen LogP) is 2.58. The zero-order valence-electron chi connectivity index (χ0n) is 7.60. The van der Waals surface area contributed by atoms with E-state index >= 15 is 0 Å². The Morgan fingerprint density at radius 2 is 2.29 bits per heavy atom. The predicted molar refractivity (Wildman–Crippen MR) is 59.6 cm³/mol. The van der Waals surface area contributed by atoms with E-state index < -0.39 is 0 Å². The molecule has 0 saturated carbocycles. The van der Waals surface area contributed by atoms with Gasteiger partial charge in [0.15, 0.2) is 4.34 Å². The molecule has 0 spiro atoms. The van der Waals surface area contributed by atoms with Crippen LogP contribution >= 0.6 is 23.1 Å². The van der Waals surface area contributed by atoms with Crippen LogP contribution in [0.3, 0.4) is 0 Å². The summed E-state index contributed by atoms with van der Waals surface area (Å²) in [5, 5.41) is 7.76. The first-order valence-corrected chi connectivity index (χ1v) is 5.75. The molecule has 0 aliphatic rings. The quantitative estimate of drug-likeness (QED) is 0.795. The van der Waals surface area contributed by atoms with E-state index in [4.69, 9.17) is 5.73 Å². The van der Waals surface area contributed by atoms with Gasteiger partial charge in [0.1, 0.15) is 5.51 Å². The second kappa shape index (κ2) is 3.98. The third-order valence-corrected chi connectivity index (χ3v) is 3.69. The Kier molecular flexibility index (Phi) is 2.69. The van der Waals surface area contributed by atoms with Crippen LogP contribution in [0.5, 0.6) is 0 Å². The van der Waals surface area contributed by atoms with Gasteiger partial charge >= 0.3 is 0 Å². The Morgan fingerprint density at radius 3 is 2.93 bits per heavy atom. The number of hydrogen-bond acceptors (Lipinski definition) is 5. The molecule has 14 heavy (non-hydrogen) atoms. The number of aromatic nitrogens is 2. The zero-order chi connectivity index (χ0) is 9.97. The number of nitrogen functional groups attached to an aromatic ring is 1. The topological polar surface area (TPSA) is 51.8 Å². The van der Waals surface area contributed by atoms with Gasteiger partial charge in [-0.3, -0.25) is 0 Å². The number of anilines is 1. The number of nitrogens with zero attached hydrogens (tertiary/aromatic N) is 2. The molecule has 0 aliphatic carbocycles. The highest BCUT2D eigenvalue weighted by molar-refractivity contribution is 8.01. The summed E-state index contributed by atoms with van der Waals surface area (Å²) < 4.78 is 0.956. The van der Waals surface area contributed by atoms with Crippen LogP contribution in [0.2, 0.25) is 0 Å². The van der Waals surface area contributed by atoms with E-state index in [-0.39, 0.29) is 0 Å². The van der Waals surface area contributed by atoms with Crippen molar-refractivity contribution < 1.29 is 0 Å². The summed E-state index contributed by atoms with van der Waals surface area (Å²) in [5.74, 6) is 0. The summed E-state index contributed by atoms with van der Waals surface area (Å²) in [4.78, 5) is 1.18. The van der Waals surface area contributed by atoms with Crippen molar-refractivity contribution in [2.75, 3.05) is 5.73 Å². The largest absolute Gasteiger partial charge is 0.399 e. The summed E-state index contributed by atoms with van der Waals surface area (Å²) in [6.07, 6.45) is 0. The van der Waals surface area contributed by atoms with Crippen molar-refractivity contribution in [3.8, 4) is 0 Å². The van der Waals surface area contributed by atoms with Crippen molar-refractivity contribution >= 4 is 28.8 Å². The maximum Gasteiger partial charge on any atom is 0.178 e. The summed E-state index contributed by atoms with van der Waals surface area (Å²) >= 11 is 3.16. The fourth-order valence-corrected chi connectivity index (χ4v) is 2.59. The maximum absolute atomic E-state index is 5.67. The van der Waals surface area contributed by atoms with Crippen molar-refractivity contribution in [2.45, 2.75) is 16.2 Å². The lowest BCUT2D eigenvalue weighted by Gasteiger charge is -2.03. The molecule has 3 nitrogen and oxygen atoms in total. The van der Waals surface area contributed by atoms with Crippen LogP contribution in [0, 0.1) is 6.92 Å². The molecule has 1 aromatic heterocycles. The van der Waals surface area contributed by atoms with Crippen LogP contribution in [0.1, 0.15) is 5.56 Å². The lowest BCUT2D eigenvalue weighted by Crippen LogP contribution is -1.86. The van der Waals surface area contributed by atoms with Crippen LogP contribution in [-0.2, 0) is 0 Å². The molecule has 0 atom stereocenters. The third-order valence-electron chi connectivity index (χ3n) is 1.74. The van der Waals surface area contributed by atoms with Gasteiger partial charge in [-0.15, -0.1) is 10.2 Å². The Hall–Kier alpha value is -1.07. The first-order chi connectivity index (χ1) is 6.75. The van der Waals surface area contributed by atoms with Gasteiger partial charge in [0.05, 0.1) is 0 Å². The van der Waals surface area contributed by atoms with Gasteiger partial charge in [0.2, 0.25) is 0 Å². The molecular weight excluding hydrogens is 214 g/mol. The Bertz CT molecular complexity index is 426. The van der Waals surface area contributed by atoms with E-state index in [9.17, 15) is 0 Å². The molecule has 2 N–H and O–H groups in total. The van der Waals surface area contributed by atoms with Crippen LogP contribution in [0.25, 0.3) is 0 Å². The van der Waals surface area contributed by atoms with Crippen LogP contribution in [-0.4, -0.2) is 10.2 Å². The Balaban J connectivity index is 2.25. The molecule has 0 saturated heterocycles. The van der Waals surface area contributed by atoms with Gasteiger partial charge in [0.25, 0.3) is 0 Å². The highest BCUT2D eigenvalue weighted by atomic mass is 32.2. The van der Waals surface area contributed by atoms with Crippen molar-refractivity contribution in [1.29, 1.82) is 0 Å². The first-order valence-electron chi connectivity index (χ1n) is 4.06. The minimum Gasteiger partial charge on any atom is -0.399 e. The SMILES string of the molecule is Cc1cc(N)ccc1Sc1nncs1. The van der Waals surface area contributed by atoms with E-state index in [1.54, 1.807) is 28.6 Å². The second-order valence-corrected chi connectivity index (χ2v) is 4.95. The van der Waals surface area contributed by atoms with Crippen molar-refractivity contribution in [1.82, 2.24) is 10.2 Å². The molecule has 0 radical (unpaired) electrons. The normalized spacial score (nSPS) is 10.4. The van der Waals surface area contributed by atoms with Crippen molar-refractivity contribution in [3.63, 3.8) is 0 Å². The van der Waals surface area contributed by atoms with Crippen LogP contribution in [0.4, 0.5) is 5.69 Å². The number of hydrogen-bond donors (Lipinski definition) is 1. The average Bonchev–Trinajstić information content (AvgIpc) is 2.62. The summed E-state index contributed by atoms with van der Waals surface area (Å²) in [6, 6.07) is 5.87. The van der Waals surface area contributed by atoms with Crippen LogP contribution < -0.4 is 5.73 Å². The number of rotatable bonds is 2. The smallest absolute Gasteiger partial charge is 0.178 e. The van der Waals surface area contributed by atoms with Gasteiger partial charge < -0.3 is 5.73 Å². The molecule has 0 bridgehead atoms. The molecule has 2 aromatic rings. The van der Waals surface area contributed by atoms with Gasteiger partial charge in [-0.25, -0.2) is 0 Å². The van der Waals surface area contributed by atoms with Gasteiger partial charge in [-0.05, 0) is 30.7 Å². The minimum atomic E-state index is 0.795. The number of nitrogens with two attached hydrogens (primary N) is 1. The molecule has 0 fully saturated rings. The average molecular weight is 223 g/mol. The molecule has 72 valence electrons. The number of aryl methyl sites for hydroxylation is 1.